The smallest absolute Gasteiger partial charge is 0.229 e. The van der Waals surface area contributed by atoms with Crippen molar-refractivity contribution in [1.82, 2.24) is 0 Å². The number of aliphatic hydroxyl groups excluding tert-OH is 4. The number of aromatic hydroxyl groups is 2. The minimum absolute atomic E-state index is 0.0646. The van der Waals surface area contributed by atoms with E-state index in [4.69, 9.17) is 9.47 Å². The zero-order valence-electron chi connectivity index (χ0n) is 15.3. The van der Waals surface area contributed by atoms with E-state index in [0.717, 1.165) is 6.07 Å². The van der Waals surface area contributed by atoms with Gasteiger partial charge in [-0.25, -0.2) is 0 Å². The third-order valence-electron chi connectivity index (χ3n) is 5.21. The van der Waals surface area contributed by atoms with Crippen molar-refractivity contribution >= 4 is 11.6 Å². The van der Waals surface area contributed by atoms with E-state index < -0.39 is 71.7 Å². The molecule has 0 saturated carbocycles. The highest BCUT2D eigenvalue weighted by Crippen LogP contribution is 2.45. The number of carbonyl (C=O) groups excluding carboxylic acids is 2. The zero-order chi connectivity index (χ0) is 21.7. The van der Waals surface area contributed by atoms with Gasteiger partial charge in [0.2, 0.25) is 12.0 Å². The quantitative estimate of drug-likeness (QED) is 0.311. The summed E-state index contributed by atoms with van der Waals surface area (Å²) in [5.41, 5.74) is -0.433. The molecule has 10 heteroatoms. The van der Waals surface area contributed by atoms with Gasteiger partial charge in [-0.2, -0.15) is 0 Å². The highest BCUT2D eigenvalue weighted by Gasteiger charge is 2.45. The van der Waals surface area contributed by atoms with Crippen LogP contribution in [0.25, 0.3) is 0 Å². The van der Waals surface area contributed by atoms with Crippen molar-refractivity contribution in [3.05, 3.63) is 52.6 Å². The number of ether oxygens (including phenoxy) is 2. The summed E-state index contributed by atoms with van der Waals surface area (Å²) in [6.45, 7) is -0.712. The normalized spacial score (nSPS) is 28.1. The van der Waals surface area contributed by atoms with Crippen LogP contribution in [0.1, 0.15) is 31.8 Å². The molecule has 1 fully saturated rings. The maximum atomic E-state index is 12.9. The topological polar surface area (TPSA) is 174 Å². The molecule has 1 heterocycles. The Morgan fingerprint density at radius 3 is 2.17 bits per heavy atom. The highest BCUT2D eigenvalue weighted by atomic mass is 16.7. The van der Waals surface area contributed by atoms with Crippen LogP contribution in [0.15, 0.2) is 30.3 Å². The number of fused-ring (bicyclic) bond motifs is 2. The van der Waals surface area contributed by atoms with Crippen LogP contribution in [0.2, 0.25) is 0 Å². The number of hydrogen-bond donors (Lipinski definition) is 6. The minimum atomic E-state index is -1.81. The Balaban J connectivity index is 1.75. The number of aliphatic hydroxyl groups is 4. The van der Waals surface area contributed by atoms with Crippen LogP contribution in [0, 0.1) is 0 Å². The molecule has 2 aromatic carbocycles. The lowest BCUT2D eigenvalue weighted by atomic mass is 9.83. The fourth-order valence-electron chi connectivity index (χ4n) is 3.60. The van der Waals surface area contributed by atoms with E-state index in [1.165, 1.54) is 12.1 Å². The summed E-state index contributed by atoms with van der Waals surface area (Å²) >= 11 is 0. The van der Waals surface area contributed by atoms with E-state index in [-0.39, 0.29) is 16.7 Å². The monoisotopic (exact) mass is 418 g/mol. The van der Waals surface area contributed by atoms with Gasteiger partial charge in [-0.15, -0.1) is 0 Å². The van der Waals surface area contributed by atoms with Crippen LogP contribution in [0.4, 0.5) is 0 Å². The van der Waals surface area contributed by atoms with E-state index in [2.05, 4.69) is 0 Å². The maximum Gasteiger partial charge on any atom is 0.229 e. The maximum absolute atomic E-state index is 12.9. The summed E-state index contributed by atoms with van der Waals surface area (Å²) in [6.07, 6.45) is -8.19. The summed E-state index contributed by atoms with van der Waals surface area (Å²) in [5.74, 6) is -3.49. The van der Waals surface area contributed by atoms with E-state index in [1.807, 2.05) is 0 Å². The van der Waals surface area contributed by atoms with Crippen molar-refractivity contribution in [1.29, 1.82) is 0 Å². The van der Waals surface area contributed by atoms with Crippen LogP contribution in [0.3, 0.4) is 0 Å². The van der Waals surface area contributed by atoms with Gasteiger partial charge in [0.15, 0.2) is 23.1 Å². The summed E-state index contributed by atoms with van der Waals surface area (Å²) in [6, 6.07) is 6.95. The minimum Gasteiger partial charge on any atom is -0.504 e. The third kappa shape index (κ3) is 2.93. The second kappa shape index (κ2) is 7.35. The molecule has 0 unspecified atom stereocenters. The van der Waals surface area contributed by atoms with Gasteiger partial charge in [0.1, 0.15) is 24.4 Å². The van der Waals surface area contributed by atoms with Gasteiger partial charge in [-0.3, -0.25) is 9.59 Å². The molecule has 2 aliphatic rings. The van der Waals surface area contributed by atoms with Crippen LogP contribution in [-0.2, 0) is 4.74 Å². The van der Waals surface area contributed by atoms with Crippen LogP contribution in [-0.4, -0.2) is 79.5 Å². The molecular weight excluding hydrogens is 400 g/mol. The number of phenols is 2. The van der Waals surface area contributed by atoms with Crippen LogP contribution < -0.4 is 4.74 Å². The molecule has 30 heavy (non-hydrogen) atoms. The van der Waals surface area contributed by atoms with Gasteiger partial charge < -0.3 is 40.1 Å². The Kier molecular flexibility index (Phi) is 4.96. The van der Waals surface area contributed by atoms with Crippen molar-refractivity contribution < 1.29 is 49.7 Å². The molecule has 5 atom stereocenters. The van der Waals surface area contributed by atoms with Crippen molar-refractivity contribution in [2.45, 2.75) is 30.7 Å². The first-order chi connectivity index (χ1) is 14.3. The Bertz CT molecular complexity index is 1030. The number of ketones is 2. The van der Waals surface area contributed by atoms with Gasteiger partial charge in [0.05, 0.1) is 12.2 Å². The summed E-state index contributed by atoms with van der Waals surface area (Å²) in [7, 11) is 0. The first-order valence-electron chi connectivity index (χ1n) is 9.00. The van der Waals surface area contributed by atoms with Crippen LogP contribution >= 0.6 is 0 Å². The summed E-state index contributed by atoms with van der Waals surface area (Å²) in [4.78, 5) is 25.6. The average Bonchev–Trinajstić information content (AvgIpc) is 2.74. The van der Waals surface area contributed by atoms with E-state index >= 15 is 0 Å². The predicted octanol–water partition coefficient (Wildman–Crippen LogP) is -0.948. The molecule has 0 spiro atoms. The number of benzene rings is 2. The Hall–Kier alpha value is -3.02. The van der Waals surface area contributed by atoms with E-state index in [0.29, 0.717) is 0 Å². The van der Waals surface area contributed by atoms with Crippen LogP contribution in [0.5, 0.6) is 17.2 Å². The Morgan fingerprint density at radius 1 is 0.900 bits per heavy atom. The Morgan fingerprint density at radius 2 is 1.53 bits per heavy atom. The van der Waals surface area contributed by atoms with Gasteiger partial charge in [0, 0.05) is 16.7 Å². The molecule has 0 aromatic heterocycles. The molecule has 2 aromatic rings. The molecule has 1 aliphatic heterocycles. The molecule has 0 amide bonds. The van der Waals surface area contributed by atoms with Gasteiger partial charge in [-0.05, 0) is 6.07 Å². The zero-order valence-corrected chi connectivity index (χ0v) is 15.3. The summed E-state index contributed by atoms with van der Waals surface area (Å²) in [5, 5.41) is 60.0. The fraction of sp³-hybridized carbons (Fsp3) is 0.300. The number of rotatable bonds is 3. The van der Waals surface area contributed by atoms with Gasteiger partial charge in [0.25, 0.3) is 0 Å². The fourth-order valence-corrected chi connectivity index (χ4v) is 3.60. The second-order valence-corrected chi connectivity index (χ2v) is 7.01. The first kappa shape index (κ1) is 20.3. The number of phenolic OH excluding ortho intramolecular Hbond substituents is 2. The standard InChI is InChI=1S/C20H18O10/c21-6-11-15(25)17(27)18(28)20(29-11)30-19-10(22)5-9-12(16(19)26)14(24)8-4-2-1-3-7(8)13(9)23/h1-5,11,15,17-18,20-22,25-28H,6H2/t11-,15-,17+,18-,20+/m0/s1. The SMILES string of the molecule is O=C1c2ccccc2C(=O)c2c1cc(O)c(O[C@H]1O[C@@H](CO)[C@H](O)[C@@H](O)[C@@H]1O)c2O. The van der Waals surface area contributed by atoms with Crippen molar-refractivity contribution in [2.24, 2.45) is 0 Å². The Labute approximate surface area is 169 Å². The van der Waals surface area contributed by atoms with E-state index in [9.17, 15) is 40.2 Å². The molecule has 1 saturated heterocycles. The largest absolute Gasteiger partial charge is 0.504 e. The average molecular weight is 418 g/mol. The first-order valence-corrected chi connectivity index (χ1v) is 9.00. The summed E-state index contributed by atoms with van der Waals surface area (Å²) < 4.78 is 10.5. The van der Waals surface area contributed by atoms with Crippen molar-refractivity contribution in [2.75, 3.05) is 6.61 Å². The van der Waals surface area contributed by atoms with E-state index in [1.54, 1.807) is 12.1 Å². The van der Waals surface area contributed by atoms with Gasteiger partial charge in [-0.1, -0.05) is 24.3 Å². The lowest BCUT2D eigenvalue weighted by molar-refractivity contribution is -0.277. The lowest BCUT2D eigenvalue weighted by Gasteiger charge is -2.39. The van der Waals surface area contributed by atoms with Gasteiger partial charge >= 0.3 is 0 Å². The van der Waals surface area contributed by atoms with Crippen molar-refractivity contribution in [3.63, 3.8) is 0 Å². The highest BCUT2D eigenvalue weighted by molar-refractivity contribution is 6.29. The number of carbonyl (C=O) groups is 2. The predicted molar refractivity (Wildman–Crippen MR) is 97.5 cm³/mol. The molecule has 0 radical (unpaired) electrons. The molecule has 1 aliphatic carbocycles. The lowest BCUT2D eigenvalue weighted by Crippen LogP contribution is -2.60. The molecule has 6 N–H and O–H groups in total. The number of hydrogen-bond acceptors (Lipinski definition) is 10. The third-order valence-corrected chi connectivity index (χ3v) is 5.21. The molecule has 10 nitrogen and oxygen atoms in total. The molecular formula is C20H18O10. The molecule has 0 bridgehead atoms. The molecule has 158 valence electrons. The second-order valence-electron chi connectivity index (χ2n) is 7.01. The van der Waals surface area contributed by atoms with Crippen molar-refractivity contribution in [3.8, 4) is 17.2 Å². The molecule has 4 rings (SSSR count).